The van der Waals surface area contributed by atoms with Gasteiger partial charge in [0.2, 0.25) is 0 Å². The van der Waals surface area contributed by atoms with Crippen molar-refractivity contribution in [2.24, 2.45) is 11.7 Å². The Morgan fingerprint density at radius 3 is 2.95 bits per heavy atom. The number of aromatic nitrogens is 2. The standard InChI is InChI=1S/C15H22N4/c1-10-18-14-3-2-12(9-15(14)19-10)13(16)8-11-4-6-17-7-5-11/h2-3,9,11,13,17H,4-8,16H2,1H3,(H,18,19). The van der Waals surface area contributed by atoms with Gasteiger partial charge in [-0.2, -0.15) is 0 Å². The number of hydrogen-bond acceptors (Lipinski definition) is 3. The predicted octanol–water partition coefficient (Wildman–Crippen LogP) is 2.26. The van der Waals surface area contributed by atoms with Gasteiger partial charge in [0.15, 0.2) is 0 Å². The Morgan fingerprint density at radius 1 is 1.37 bits per heavy atom. The van der Waals surface area contributed by atoms with Crippen LogP contribution in [0.5, 0.6) is 0 Å². The lowest BCUT2D eigenvalue weighted by molar-refractivity contribution is 0.333. The normalized spacial score (nSPS) is 18.8. The molecule has 0 radical (unpaired) electrons. The van der Waals surface area contributed by atoms with Gasteiger partial charge in [0.1, 0.15) is 5.82 Å². The average molecular weight is 258 g/mol. The van der Waals surface area contributed by atoms with Gasteiger partial charge in [0, 0.05) is 6.04 Å². The highest BCUT2D eigenvalue weighted by Gasteiger charge is 2.17. The van der Waals surface area contributed by atoms with Crippen molar-refractivity contribution in [1.82, 2.24) is 15.3 Å². The quantitative estimate of drug-likeness (QED) is 0.791. The van der Waals surface area contributed by atoms with Crippen molar-refractivity contribution in [3.05, 3.63) is 29.6 Å². The number of nitrogens with two attached hydrogens (primary N) is 1. The maximum absolute atomic E-state index is 6.37. The number of rotatable bonds is 3. The molecular weight excluding hydrogens is 236 g/mol. The molecule has 2 aromatic rings. The van der Waals surface area contributed by atoms with Crippen molar-refractivity contribution in [3.63, 3.8) is 0 Å². The van der Waals surface area contributed by atoms with Crippen molar-refractivity contribution in [2.75, 3.05) is 13.1 Å². The summed E-state index contributed by atoms with van der Waals surface area (Å²) in [6, 6.07) is 6.47. The van der Waals surface area contributed by atoms with E-state index in [1.807, 2.05) is 6.92 Å². The molecule has 102 valence electrons. The van der Waals surface area contributed by atoms with E-state index in [1.54, 1.807) is 0 Å². The van der Waals surface area contributed by atoms with Crippen LogP contribution < -0.4 is 11.1 Å². The molecule has 1 aromatic carbocycles. The van der Waals surface area contributed by atoms with E-state index in [0.717, 1.165) is 42.3 Å². The smallest absolute Gasteiger partial charge is 0.104 e. The summed E-state index contributed by atoms with van der Waals surface area (Å²) in [5.41, 5.74) is 9.70. The zero-order valence-electron chi connectivity index (χ0n) is 11.4. The first kappa shape index (κ1) is 12.6. The summed E-state index contributed by atoms with van der Waals surface area (Å²) >= 11 is 0. The first-order chi connectivity index (χ1) is 9.22. The number of aromatic amines is 1. The van der Waals surface area contributed by atoms with E-state index in [9.17, 15) is 0 Å². The number of H-pyrrole nitrogens is 1. The molecule has 3 rings (SSSR count). The van der Waals surface area contributed by atoms with E-state index >= 15 is 0 Å². The van der Waals surface area contributed by atoms with Crippen LogP contribution in [0.25, 0.3) is 11.0 Å². The van der Waals surface area contributed by atoms with E-state index < -0.39 is 0 Å². The summed E-state index contributed by atoms with van der Waals surface area (Å²) in [6.07, 6.45) is 3.58. The molecule has 1 aliphatic rings. The number of aryl methyl sites for hydroxylation is 1. The molecule has 1 unspecified atom stereocenters. The Labute approximate surface area is 113 Å². The van der Waals surface area contributed by atoms with E-state index in [1.165, 1.54) is 18.4 Å². The Bertz CT molecular complexity index is 554. The van der Waals surface area contributed by atoms with Crippen molar-refractivity contribution in [1.29, 1.82) is 0 Å². The number of benzene rings is 1. The summed E-state index contributed by atoms with van der Waals surface area (Å²) in [5.74, 6) is 1.72. The van der Waals surface area contributed by atoms with Crippen LogP contribution in [-0.4, -0.2) is 23.1 Å². The van der Waals surface area contributed by atoms with Gasteiger partial charge in [-0.25, -0.2) is 4.98 Å². The molecule has 0 saturated carbocycles. The highest BCUT2D eigenvalue weighted by Crippen LogP contribution is 2.26. The first-order valence-electron chi connectivity index (χ1n) is 7.15. The number of nitrogens with zero attached hydrogens (tertiary/aromatic N) is 1. The molecule has 1 atom stereocenters. The lowest BCUT2D eigenvalue weighted by atomic mass is 9.89. The van der Waals surface area contributed by atoms with Gasteiger partial charge in [-0.1, -0.05) is 6.07 Å². The summed E-state index contributed by atoms with van der Waals surface area (Å²) in [5, 5.41) is 3.40. The van der Waals surface area contributed by atoms with Gasteiger partial charge in [-0.15, -0.1) is 0 Å². The van der Waals surface area contributed by atoms with Gasteiger partial charge in [0.25, 0.3) is 0 Å². The molecule has 0 aliphatic carbocycles. The van der Waals surface area contributed by atoms with Crippen molar-refractivity contribution in [3.8, 4) is 0 Å². The zero-order valence-corrected chi connectivity index (χ0v) is 11.4. The zero-order chi connectivity index (χ0) is 13.2. The third-order valence-corrected chi connectivity index (χ3v) is 4.10. The number of imidazole rings is 1. The minimum absolute atomic E-state index is 0.135. The molecule has 1 aliphatic heterocycles. The van der Waals surface area contributed by atoms with E-state index in [0.29, 0.717) is 0 Å². The van der Waals surface area contributed by atoms with E-state index in [4.69, 9.17) is 5.73 Å². The Hall–Kier alpha value is -1.39. The van der Waals surface area contributed by atoms with Crippen molar-refractivity contribution < 1.29 is 0 Å². The van der Waals surface area contributed by atoms with Crippen LogP contribution >= 0.6 is 0 Å². The van der Waals surface area contributed by atoms with E-state index in [-0.39, 0.29) is 6.04 Å². The molecule has 0 bridgehead atoms. The Morgan fingerprint density at radius 2 is 2.16 bits per heavy atom. The topological polar surface area (TPSA) is 66.7 Å². The second kappa shape index (κ2) is 5.31. The van der Waals surface area contributed by atoms with Crippen molar-refractivity contribution in [2.45, 2.75) is 32.2 Å². The summed E-state index contributed by atoms with van der Waals surface area (Å²) in [6.45, 7) is 4.25. The molecule has 1 fully saturated rings. The lowest BCUT2D eigenvalue weighted by Crippen LogP contribution is -2.29. The fraction of sp³-hybridized carbons (Fsp3) is 0.533. The molecule has 0 amide bonds. The monoisotopic (exact) mass is 258 g/mol. The summed E-state index contributed by atoms with van der Waals surface area (Å²) < 4.78 is 0. The second-order valence-electron chi connectivity index (χ2n) is 5.63. The van der Waals surface area contributed by atoms with Crippen LogP contribution in [0.4, 0.5) is 0 Å². The maximum Gasteiger partial charge on any atom is 0.104 e. The molecule has 1 saturated heterocycles. The summed E-state index contributed by atoms with van der Waals surface area (Å²) in [4.78, 5) is 7.71. The highest BCUT2D eigenvalue weighted by atomic mass is 14.9. The minimum atomic E-state index is 0.135. The predicted molar refractivity (Wildman–Crippen MR) is 78.0 cm³/mol. The van der Waals surface area contributed by atoms with Crippen LogP contribution in [0, 0.1) is 12.8 Å². The van der Waals surface area contributed by atoms with Crippen LogP contribution in [0.1, 0.15) is 36.7 Å². The Kier molecular flexibility index (Phi) is 3.53. The number of nitrogens with one attached hydrogen (secondary N) is 2. The maximum atomic E-state index is 6.37. The molecule has 1 aromatic heterocycles. The van der Waals surface area contributed by atoms with Crippen LogP contribution in [0.15, 0.2) is 18.2 Å². The number of fused-ring (bicyclic) bond motifs is 1. The number of hydrogen-bond donors (Lipinski definition) is 3. The first-order valence-corrected chi connectivity index (χ1v) is 7.15. The van der Waals surface area contributed by atoms with Gasteiger partial charge in [-0.3, -0.25) is 0 Å². The van der Waals surface area contributed by atoms with Crippen LogP contribution in [0.2, 0.25) is 0 Å². The van der Waals surface area contributed by atoms with Gasteiger partial charge in [0.05, 0.1) is 11.0 Å². The highest BCUT2D eigenvalue weighted by molar-refractivity contribution is 5.75. The molecule has 4 heteroatoms. The van der Waals surface area contributed by atoms with Crippen molar-refractivity contribution >= 4 is 11.0 Å². The number of piperidine rings is 1. The molecule has 0 spiro atoms. The van der Waals surface area contributed by atoms with E-state index in [2.05, 4.69) is 33.5 Å². The fourth-order valence-corrected chi connectivity index (χ4v) is 3.00. The van der Waals surface area contributed by atoms with Gasteiger partial charge >= 0.3 is 0 Å². The van der Waals surface area contributed by atoms with Crippen LogP contribution in [0.3, 0.4) is 0 Å². The largest absolute Gasteiger partial charge is 0.342 e. The fourth-order valence-electron chi connectivity index (χ4n) is 3.00. The average Bonchev–Trinajstić information content (AvgIpc) is 2.78. The minimum Gasteiger partial charge on any atom is -0.342 e. The van der Waals surface area contributed by atoms with Crippen LogP contribution in [-0.2, 0) is 0 Å². The molecule has 19 heavy (non-hydrogen) atoms. The second-order valence-corrected chi connectivity index (χ2v) is 5.63. The van der Waals surface area contributed by atoms with Gasteiger partial charge in [-0.05, 0) is 62.9 Å². The third kappa shape index (κ3) is 2.80. The van der Waals surface area contributed by atoms with Gasteiger partial charge < -0.3 is 16.0 Å². The molecule has 2 heterocycles. The SMILES string of the molecule is Cc1nc2ccc(C(N)CC3CCNCC3)cc2[nH]1. The molecular formula is C15H22N4. The molecule has 4 nitrogen and oxygen atoms in total. The third-order valence-electron chi connectivity index (χ3n) is 4.10. The Balaban J connectivity index is 1.74. The summed E-state index contributed by atoms with van der Waals surface area (Å²) in [7, 11) is 0. The molecule has 4 N–H and O–H groups in total. The lowest BCUT2D eigenvalue weighted by Gasteiger charge is -2.25.